The average molecular weight is 298 g/mol. The number of nitrogens with one attached hydrogen (secondary N) is 1. The van der Waals surface area contributed by atoms with Crippen LogP contribution in [-0.4, -0.2) is 36.0 Å². The molecule has 3 nitrogen and oxygen atoms in total. The SMILES string of the molecule is O=C(C[C@H]1CCc2ccccc21)NCC12CCCN1CCC2. The number of hydrogen-bond donors (Lipinski definition) is 1. The van der Waals surface area contributed by atoms with Crippen LogP contribution in [0.5, 0.6) is 0 Å². The normalized spacial score (nSPS) is 25.9. The Bertz CT molecular complexity index is 558. The van der Waals surface area contributed by atoms with Crippen molar-refractivity contribution in [2.75, 3.05) is 19.6 Å². The van der Waals surface area contributed by atoms with Gasteiger partial charge < -0.3 is 5.32 Å². The first-order valence-corrected chi connectivity index (χ1v) is 8.86. The van der Waals surface area contributed by atoms with Crippen molar-refractivity contribution in [3.8, 4) is 0 Å². The summed E-state index contributed by atoms with van der Waals surface area (Å²) in [6, 6.07) is 8.62. The van der Waals surface area contributed by atoms with Gasteiger partial charge >= 0.3 is 0 Å². The van der Waals surface area contributed by atoms with E-state index in [9.17, 15) is 4.79 Å². The van der Waals surface area contributed by atoms with Crippen LogP contribution in [-0.2, 0) is 11.2 Å². The number of rotatable bonds is 4. The Morgan fingerprint density at radius 3 is 2.82 bits per heavy atom. The van der Waals surface area contributed by atoms with Crippen LogP contribution in [0.4, 0.5) is 0 Å². The van der Waals surface area contributed by atoms with Crippen LogP contribution in [0, 0.1) is 0 Å². The maximum Gasteiger partial charge on any atom is 0.220 e. The molecule has 0 unspecified atom stereocenters. The summed E-state index contributed by atoms with van der Waals surface area (Å²) in [5, 5.41) is 3.26. The molecule has 1 N–H and O–H groups in total. The molecule has 2 heterocycles. The molecule has 4 rings (SSSR count). The molecule has 2 saturated heterocycles. The molecule has 2 aliphatic heterocycles. The number of amides is 1. The van der Waals surface area contributed by atoms with Gasteiger partial charge in [0.05, 0.1) is 0 Å². The highest BCUT2D eigenvalue weighted by molar-refractivity contribution is 5.77. The van der Waals surface area contributed by atoms with E-state index in [1.165, 1.54) is 49.9 Å². The van der Waals surface area contributed by atoms with Gasteiger partial charge in [-0.2, -0.15) is 0 Å². The predicted molar refractivity (Wildman–Crippen MR) is 87.9 cm³/mol. The molecule has 0 aromatic heterocycles. The topological polar surface area (TPSA) is 32.3 Å². The van der Waals surface area contributed by atoms with Crippen LogP contribution in [0.3, 0.4) is 0 Å². The van der Waals surface area contributed by atoms with Gasteiger partial charge in [0.15, 0.2) is 0 Å². The van der Waals surface area contributed by atoms with E-state index in [2.05, 4.69) is 34.5 Å². The van der Waals surface area contributed by atoms with Crippen molar-refractivity contribution < 1.29 is 4.79 Å². The third kappa shape index (κ3) is 2.45. The fourth-order valence-electron chi connectivity index (χ4n) is 4.93. The van der Waals surface area contributed by atoms with Crippen LogP contribution in [0.1, 0.15) is 55.6 Å². The van der Waals surface area contributed by atoms with Crippen molar-refractivity contribution in [3.63, 3.8) is 0 Å². The van der Waals surface area contributed by atoms with Crippen LogP contribution < -0.4 is 5.32 Å². The van der Waals surface area contributed by atoms with E-state index in [1.54, 1.807) is 0 Å². The Labute approximate surface area is 133 Å². The summed E-state index contributed by atoms with van der Waals surface area (Å²) in [4.78, 5) is 15.0. The molecule has 0 bridgehead atoms. The molecule has 1 aromatic carbocycles. The summed E-state index contributed by atoms with van der Waals surface area (Å²) < 4.78 is 0. The zero-order chi connectivity index (χ0) is 15.0. The maximum absolute atomic E-state index is 12.4. The minimum atomic E-state index is 0.245. The van der Waals surface area contributed by atoms with Gasteiger partial charge in [0, 0.05) is 18.5 Å². The number of nitrogens with zero attached hydrogens (tertiary/aromatic N) is 1. The number of fused-ring (bicyclic) bond motifs is 2. The Kier molecular flexibility index (Phi) is 3.69. The van der Waals surface area contributed by atoms with Gasteiger partial charge in [-0.05, 0) is 68.7 Å². The highest BCUT2D eigenvalue weighted by Crippen LogP contribution is 2.38. The van der Waals surface area contributed by atoms with Crippen LogP contribution in [0.25, 0.3) is 0 Å². The highest BCUT2D eigenvalue weighted by Gasteiger charge is 2.44. The van der Waals surface area contributed by atoms with Crippen molar-refractivity contribution in [1.29, 1.82) is 0 Å². The summed E-state index contributed by atoms with van der Waals surface area (Å²) in [5.74, 6) is 0.673. The number of hydrogen-bond acceptors (Lipinski definition) is 2. The molecule has 118 valence electrons. The van der Waals surface area contributed by atoms with Gasteiger partial charge in [0.1, 0.15) is 0 Å². The number of carbonyl (C=O) groups excluding carboxylic acids is 1. The third-order valence-corrected chi connectivity index (χ3v) is 6.11. The summed E-state index contributed by atoms with van der Waals surface area (Å²) >= 11 is 0. The fourth-order valence-corrected chi connectivity index (χ4v) is 4.93. The minimum Gasteiger partial charge on any atom is -0.354 e. The molecule has 0 saturated carbocycles. The number of carbonyl (C=O) groups is 1. The molecule has 1 aliphatic carbocycles. The lowest BCUT2D eigenvalue weighted by molar-refractivity contribution is -0.122. The lowest BCUT2D eigenvalue weighted by Crippen LogP contribution is -2.48. The first kappa shape index (κ1) is 14.3. The summed E-state index contributed by atoms with van der Waals surface area (Å²) in [5.41, 5.74) is 3.14. The Balaban J connectivity index is 1.34. The van der Waals surface area contributed by atoms with Crippen LogP contribution in [0.15, 0.2) is 24.3 Å². The second kappa shape index (κ2) is 5.69. The molecule has 2 fully saturated rings. The largest absolute Gasteiger partial charge is 0.354 e. The molecule has 1 amide bonds. The molecular formula is C19H26N2O. The van der Waals surface area contributed by atoms with E-state index in [0.29, 0.717) is 17.9 Å². The molecular weight excluding hydrogens is 272 g/mol. The smallest absolute Gasteiger partial charge is 0.220 e. The Morgan fingerprint density at radius 1 is 1.23 bits per heavy atom. The van der Waals surface area contributed by atoms with Gasteiger partial charge in [-0.25, -0.2) is 0 Å². The quantitative estimate of drug-likeness (QED) is 0.927. The standard InChI is InChI=1S/C19H26N2O/c22-18(13-16-8-7-15-5-1-2-6-17(15)16)20-14-19-9-3-11-21(19)12-4-10-19/h1-2,5-6,16H,3-4,7-14H2,(H,20,22)/t16-/m1/s1. The molecule has 0 radical (unpaired) electrons. The molecule has 0 spiro atoms. The van der Waals surface area contributed by atoms with Gasteiger partial charge in [-0.15, -0.1) is 0 Å². The molecule has 22 heavy (non-hydrogen) atoms. The van der Waals surface area contributed by atoms with E-state index in [0.717, 1.165) is 19.4 Å². The van der Waals surface area contributed by atoms with Gasteiger partial charge in [-0.1, -0.05) is 24.3 Å². The molecule has 3 aliphatic rings. The Morgan fingerprint density at radius 2 is 2.00 bits per heavy atom. The second-order valence-electron chi connectivity index (χ2n) is 7.33. The number of benzene rings is 1. The van der Waals surface area contributed by atoms with E-state index in [1.807, 2.05) is 0 Å². The van der Waals surface area contributed by atoms with Crippen molar-refractivity contribution in [1.82, 2.24) is 10.2 Å². The van der Waals surface area contributed by atoms with Gasteiger partial charge in [0.2, 0.25) is 5.91 Å². The van der Waals surface area contributed by atoms with E-state index in [-0.39, 0.29) is 5.91 Å². The molecule has 1 aromatic rings. The first-order valence-electron chi connectivity index (χ1n) is 8.86. The van der Waals surface area contributed by atoms with Crippen molar-refractivity contribution in [2.24, 2.45) is 0 Å². The minimum absolute atomic E-state index is 0.245. The van der Waals surface area contributed by atoms with Crippen molar-refractivity contribution in [3.05, 3.63) is 35.4 Å². The van der Waals surface area contributed by atoms with Crippen molar-refractivity contribution in [2.45, 2.75) is 56.4 Å². The third-order valence-electron chi connectivity index (χ3n) is 6.11. The average Bonchev–Trinajstić information content (AvgIpc) is 3.19. The zero-order valence-corrected chi connectivity index (χ0v) is 13.3. The second-order valence-corrected chi connectivity index (χ2v) is 7.33. The van der Waals surface area contributed by atoms with Gasteiger partial charge in [0.25, 0.3) is 0 Å². The van der Waals surface area contributed by atoms with E-state index in [4.69, 9.17) is 0 Å². The summed E-state index contributed by atoms with van der Waals surface area (Å²) in [6.07, 6.45) is 8.04. The van der Waals surface area contributed by atoms with Crippen LogP contribution in [0.2, 0.25) is 0 Å². The zero-order valence-electron chi connectivity index (χ0n) is 13.3. The van der Waals surface area contributed by atoms with E-state index >= 15 is 0 Å². The van der Waals surface area contributed by atoms with Crippen molar-refractivity contribution >= 4 is 5.91 Å². The first-order chi connectivity index (χ1) is 10.8. The maximum atomic E-state index is 12.4. The fraction of sp³-hybridized carbons (Fsp3) is 0.632. The van der Waals surface area contributed by atoms with Gasteiger partial charge in [-0.3, -0.25) is 9.69 Å². The highest BCUT2D eigenvalue weighted by atomic mass is 16.1. The lowest BCUT2D eigenvalue weighted by atomic mass is 9.93. The Hall–Kier alpha value is -1.35. The monoisotopic (exact) mass is 298 g/mol. The summed E-state index contributed by atoms with van der Waals surface area (Å²) in [6.45, 7) is 3.32. The van der Waals surface area contributed by atoms with Crippen LogP contribution >= 0.6 is 0 Å². The van der Waals surface area contributed by atoms with E-state index < -0.39 is 0 Å². The number of aryl methyl sites for hydroxylation is 1. The predicted octanol–water partition coefficient (Wildman–Crippen LogP) is 2.85. The lowest BCUT2D eigenvalue weighted by Gasteiger charge is -2.32. The summed E-state index contributed by atoms with van der Waals surface area (Å²) in [7, 11) is 0. The molecule has 1 atom stereocenters. The molecule has 3 heteroatoms.